The first-order valence-electron chi connectivity index (χ1n) is 5.65. The topological polar surface area (TPSA) is 58.3 Å². The van der Waals surface area contributed by atoms with Gasteiger partial charge in [0.2, 0.25) is 0 Å². The Hall–Kier alpha value is -2.21. The molecule has 0 atom stereocenters. The van der Waals surface area contributed by atoms with E-state index < -0.39 is 0 Å². The maximum Gasteiger partial charge on any atom is 0.175 e. The van der Waals surface area contributed by atoms with Crippen LogP contribution < -0.4 is 20.1 Å². The quantitative estimate of drug-likeness (QED) is 0.750. The van der Waals surface area contributed by atoms with E-state index in [0.29, 0.717) is 16.6 Å². The summed E-state index contributed by atoms with van der Waals surface area (Å²) in [6.45, 7) is 0. The van der Waals surface area contributed by atoms with Gasteiger partial charge in [-0.2, -0.15) is 0 Å². The molecule has 0 aliphatic rings. The van der Waals surface area contributed by atoms with E-state index in [1.807, 2.05) is 36.7 Å². The van der Waals surface area contributed by atoms with Crippen LogP contribution in [-0.4, -0.2) is 24.3 Å². The molecule has 0 aliphatic carbocycles. The summed E-state index contributed by atoms with van der Waals surface area (Å²) < 4.78 is 10.4. The summed E-state index contributed by atoms with van der Waals surface area (Å²) in [5.74, 6) is 1.33. The Morgan fingerprint density at radius 3 is 2.42 bits per heavy atom. The van der Waals surface area contributed by atoms with Crippen LogP contribution in [0.25, 0.3) is 0 Å². The lowest BCUT2D eigenvalue weighted by Gasteiger charge is -2.12. The monoisotopic (exact) mass is 277 g/mol. The molecule has 1 aromatic carbocycles. The summed E-state index contributed by atoms with van der Waals surface area (Å²) in [6.07, 6.45) is 3.64. The molecule has 0 fully saturated rings. The van der Waals surface area contributed by atoms with Gasteiger partial charge in [0.25, 0.3) is 0 Å². The summed E-state index contributed by atoms with van der Waals surface area (Å²) in [4.78, 5) is 2.95. The number of H-pyrrole nitrogens is 1. The molecule has 0 bridgehead atoms. The Labute approximate surface area is 116 Å². The number of anilines is 2. The van der Waals surface area contributed by atoms with Crippen LogP contribution in [0.15, 0.2) is 36.7 Å². The number of rotatable bonds is 4. The predicted octanol–water partition coefficient (Wildman–Crippen LogP) is 2.84. The van der Waals surface area contributed by atoms with Crippen LogP contribution in [0.4, 0.5) is 11.4 Å². The van der Waals surface area contributed by atoms with E-state index in [1.54, 1.807) is 14.2 Å². The largest absolute Gasteiger partial charge is 0.493 e. The lowest BCUT2D eigenvalue weighted by molar-refractivity contribution is 0.355. The van der Waals surface area contributed by atoms with E-state index >= 15 is 0 Å². The summed E-state index contributed by atoms with van der Waals surface area (Å²) in [5, 5.41) is 6.64. The number of aromatic amines is 1. The molecule has 19 heavy (non-hydrogen) atoms. The zero-order valence-corrected chi connectivity index (χ0v) is 11.5. The normalized spacial score (nSPS) is 9.79. The van der Waals surface area contributed by atoms with Crippen molar-refractivity contribution in [3.8, 4) is 11.5 Å². The van der Waals surface area contributed by atoms with E-state index in [1.165, 1.54) is 0 Å². The molecule has 0 saturated carbocycles. The smallest absolute Gasteiger partial charge is 0.175 e. The number of benzene rings is 1. The molecule has 100 valence electrons. The number of aromatic nitrogens is 1. The minimum absolute atomic E-state index is 0.506. The zero-order chi connectivity index (χ0) is 13.7. The highest BCUT2D eigenvalue weighted by Gasteiger charge is 2.05. The van der Waals surface area contributed by atoms with Crippen molar-refractivity contribution in [1.82, 2.24) is 4.98 Å². The Bertz CT molecular complexity index is 555. The van der Waals surface area contributed by atoms with Gasteiger partial charge in [0.1, 0.15) is 0 Å². The maximum absolute atomic E-state index is 5.23. The Morgan fingerprint density at radius 2 is 1.79 bits per heavy atom. The van der Waals surface area contributed by atoms with Crippen LogP contribution >= 0.6 is 12.2 Å². The molecule has 0 spiro atoms. The molecule has 2 rings (SSSR count). The minimum Gasteiger partial charge on any atom is -0.493 e. The zero-order valence-electron chi connectivity index (χ0n) is 10.7. The van der Waals surface area contributed by atoms with Gasteiger partial charge in [0.05, 0.1) is 19.9 Å². The Kier molecular flexibility index (Phi) is 4.25. The fraction of sp³-hybridized carbons (Fsp3) is 0.154. The highest BCUT2D eigenvalue weighted by molar-refractivity contribution is 7.80. The summed E-state index contributed by atoms with van der Waals surface area (Å²) in [7, 11) is 3.20. The molecule has 0 saturated heterocycles. The second-order valence-corrected chi connectivity index (χ2v) is 4.16. The fourth-order valence-electron chi connectivity index (χ4n) is 1.61. The fourth-order valence-corrected chi connectivity index (χ4v) is 1.84. The number of nitrogens with one attached hydrogen (secondary N) is 3. The van der Waals surface area contributed by atoms with Crippen molar-refractivity contribution in [3.05, 3.63) is 36.7 Å². The molecule has 1 heterocycles. The number of ether oxygens (including phenoxy) is 2. The average Bonchev–Trinajstić information content (AvgIpc) is 2.91. The van der Waals surface area contributed by atoms with Crippen LogP contribution in [0.2, 0.25) is 0 Å². The van der Waals surface area contributed by atoms with E-state index in [4.69, 9.17) is 21.7 Å². The highest BCUT2D eigenvalue weighted by Crippen LogP contribution is 2.29. The van der Waals surface area contributed by atoms with Gasteiger partial charge >= 0.3 is 0 Å². The van der Waals surface area contributed by atoms with Crippen LogP contribution in [0.3, 0.4) is 0 Å². The average molecular weight is 277 g/mol. The van der Waals surface area contributed by atoms with Crippen LogP contribution in [0.5, 0.6) is 11.5 Å². The molecule has 0 radical (unpaired) electrons. The van der Waals surface area contributed by atoms with Crippen LogP contribution in [0, 0.1) is 0 Å². The van der Waals surface area contributed by atoms with Crippen molar-refractivity contribution in [1.29, 1.82) is 0 Å². The lowest BCUT2D eigenvalue weighted by atomic mass is 10.3. The van der Waals surface area contributed by atoms with Crippen molar-refractivity contribution in [2.24, 2.45) is 0 Å². The van der Waals surface area contributed by atoms with E-state index in [2.05, 4.69) is 15.6 Å². The van der Waals surface area contributed by atoms with Gasteiger partial charge < -0.3 is 25.1 Å². The molecule has 6 heteroatoms. The standard InChI is InChI=1S/C13H15N3O2S/c1-17-11-4-3-9(7-12(11)18-2)15-13(19)16-10-5-6-14-8-10/h3-8,14H,1-2H3,(H2,15,16,19). The molecular weight excluding hydrogens is 262 g/mol. The molecular formula is C13H15N3O2S. The summed E-state index contributed by atoms with van der Waals surface area (Å²) in [5.41, 5.74) is 1.73. The van der Waals surface area contributed by atoms with Gasteiger partial charge in [-0.1, -0.05) is 0 Å². The molecule has 5 nitrogen and oxygen atoms in total. The SMILES string of the molecule is COc1ccc(NC(=S)Nc2cc[nH]c2)cc1OC. The second-order valence-electron chi connectivity index (χ2n) is 3.75. The third kappa shape index (κ3) is 3.38. The highest BCUT2D eigenvalue weighted by atomic mass is 32.1. The Morgan fingerprint density at radius 1 is 1.05 bits per heavy atom. The minimum atomic E-state index is 0.506. The first kappa shape index (κ1) is 13.2. The number of thiocarbonyl (C=S) groups is 1. The molecule has 1 aromatic heterocycles. The second kappa shape index (κ2) is 6.10. The van der Waals surface area contributed by atoms with Crippen molar-refractivity contribution in [2.45, 2.75) is 0 Å². The number of hydrogen-bond acceptors (Lipinski definition) is 3. The van der Waals surface area contributed by atoms with Gasteiger partial charge in [-0.3, -0.25) is 0 Å². The maximum atomic E-state index is 5.23. The first-order valence-corrected chi connectivity index (χ1v) is 6.06. The van der Waals surface area contributed by atoms with Crippen molar-refractivity contribution in [3.63, 3.8) is 0 Å². The van der Waals surface area contributed by atoms with Gasteiger partial charge in [-0.15, -0.1) is 0 Å². The number of hydrogen-bond donors (Lipinski definition) is 3. The summed E-state index contributed by atoms with van der Waals surface area (Å²) in [6, 6.07) is 7.40. The van der Waals surface area contributed by atoms with E-state index in [0.717, 1.165) is 11.4 Å². The van der Waals surface area contributed by atoms with Gasteiger partial charge in [-0.05, 0) is 30.4 Å². The van der Waals surface area contributed by atoms with Crippen LogP contribution in [-0.2, 0) is 0 Å². The molecule has 3 N–H and O–H groups in total. The van der Waals surface area contributed by atoms with Crippen LogP contribution in [0.1, 0.15) is 0 Å². The van der Waals surface area contributed by atoms with Crippen molar-refractivity contribution in [2.75, 3.05) is 24.9 Å². The molecule has 0 amide bonds. The molecule has 0 unspecified atom stereocenters. The molecule has 0 aliphatic heterocycles. The predicted molar refractivity (Wildman–Crippen MR) is 80.2 cm³/mol. The Balaban J connectivity index is 2.04. The lowest BCUT2D eigenvalue weighted by Crippen LogP contribution is -2.18. The van der Waals surface area contributed by atoms with Gasteiger partial charge in [0, 0.05) is 24.1 Å². The van der Waals surface area contributed by atoms with Gasteiger partial charge in [0.15, 0.2) is 16.6 Å². The third-order valence-corrected chi connectivity index (χ3v) is 2.70. The number of methoxy groups -OCH3 is 2. The van der Waals surface area contributed by atoms with Crippen molar-refractivity contribution < 1.29 is 9.47 Å². The first-order chi connectivity index (χ1) is 9.22. The van der Waals surface area contributed by atoms with Gasteiger partial charge in [-0.25, -0.2) is 0 Å². The van der Waals surface area contributed by atoms with E-state index in [9.17, 15) is 0 Å². The molecule has 2 aromatic rings. The van der Waals surface area contributed by atoms with Crippen molar-refractivity contribution >= 4 is 28.7 Å². The van der Waals surface area contributed by atoms with E-state index in [-0.39, 0.29) is 0 Å². The third-order valence-electron chi connectivity index (χ3n) is 2.50. The summed E-state index contributed by atoms with van der Waals surface area (Å²) >= 11 is 5.22.